The molecule has 5 aromatic rings. The molecule has 77 heavy (non-hydrogen) atoms. The van der Waals surface area contributed by atoms with E-state index in [-0.39, 0.29) is 105 Å². The quantitative estimate of drug-likeness (QED) is 0.0450. The third kappa shape index (κ3) is 13.2. The van der Waals surface area contributed by atoms with Gasteiger partial charge in [0, 0.05) is 98.2 Å². The molecule has 0 spiro atoms. The Morgan fingerprint density at radius 3 is 2.12 bits per heavy atom. The molecular weight excluding hydrogens is 1030 g/mol. The van der Waals surface area contributed by atoms with Crippen LogP contribution in [0.15, 0.2) is 41.4 Å². The second-order valence-corrected chi connectivity index (χ2v) is 21.8. The van der Waals surface area contributed by atoms with Crippen LogP contribution in [0.3, 0.4) is 0 Å². The van der Waals surface area contributed by atoms with E-state index in [1.165, 1.54) is 9.44 Å². The molecule has 2 aliphatic heterocycles. The van der Waals surface area contributed by atoms with Crippen molar-refractivity contribution < 1.29 is 47.0 Å². The Bertz CT molecular complexity index is 2980. The van der Waals surface area contributed by atoms with Crippen LogP contribution in [0, 0.1) is 38.3 Å². The first-order valence-electron chi connectivity index (χ1n) is 26.7. The van der Waals surface area contributed by atoms with Gasteiger partial charge in [-0.3, -0.25) is 33.5 Å². The van der Waals surface area contributed by atoms with Gasteiger partial charge >= 0.3 is 0 Å². The van der Waals surface area contributed by atoms with Gasteiger partial charge in [-0.1, -0.05) is 43.0 Å². The maximum Gasteiger partial charge on any atom is 0.271 e. The van der Waals surface area contributed by atoms with Gasteiger partial charge in [-0.15, -0.1) is 21.5 Å². The van der Waals surface area contributed by atoms with E-state index in [1.54, 1.807) is 42.2 Å². The number of likely N-dealkylation sites (N-methyl/N-ethyl adjacent to an activating group) is 1. The Hall–Kier alpha value is -5.77. The molecule has 5 heterocycles. The molecule has 3 aliphatic rings. The Morgan fingerprint density at radius 2 is 1.45 bits per heavy atom. The predicted octanol–water partition coefficient (Wildman–Crippen LogP) is 7.98. The number of aromatic nitrogens is 4. The number of halogens is 3. The zero-order valence-electron chi connectivity index (χ0n) is 44.9. The summed E-state index contributed by atoms with van der Waals surface area (Å²) in [5.41, 5.74) is 4.06. The monoisotopic (exact) mass is 1100 g/mol. The summed E-state index contributed by atoms with van der Waals surface area (Å²) in [5, 5.41) is 16.6. The lowest BCUT2D eigenvalue weighted by molar-refractivity contribution is -0.140. The highest BCUT2D eigenvalue weighted by atomic mass is 35.5. The zero-order valence-corrected chi connectivity index (χ0v) is 46.4. The number of nitrogens with zero attached hydrogens (tertiary/aromatic N) is 7. The first kappa shape index (κ1) is 57.4. The van der Waals surface area contributed by atoms with E-state index < -0.39 is 41.5 Å². The zero-order chi connectivity index (χ0) is 54.9. The van der Waals surface area contributed by atoms with Crippen LogP contribution in [0.4, 0.5) is 8.78 Å². The molecule has 3 aromatic heterocycles. The number of ketones is 2. The molecule has 1 saturated carbocycles. The van der Waals surface area contributed by atoms with Crippen molar-refractivity contribution >= 4 is 68.8 Å². The number of aliphatic imine (C=N–C) groups is 1. The molecule has 8 rings (SSSR count). The number of benzene rings is 2. The van der Waals surface area contributed by atoms with Crippen LogP contribution in [0.25, 0.3) is 15.9 Å². The minimum absolute atomic E-state index is 0.0111. The standard InChI is InChI=1S/C56H70ClF2N9O8S/c1-33-35(3)77-56-47(33)49(38-16-18-39(57)19-17-38)61-44(52-64-63-36(4)68(52)56)30-40(69)14-10-24-74-26-28-76-29-27-75-25-11-15-46(70)48-41-31-42(58)43(59)32-45(41)65(6)51(48)55(73)67-22-20-66(21-23-67)54(72)50(37-12-8-7-9-13-37)62-53(71)34(2)60-5/h16-19,31-32,34,37,44,50,60H,7-15,20-30H2,1-6H3,(H,62,71)/t34-,44-,50-/m0/s1. The summed E-state index contributed by atoms with van der Waals surface area (Å²) in [4.78, 5) is 78.3. The maximum atomic E-state index is 14.7. The van der Waals surface area contributed by atoms with Crippen molar-refractivity contribution in [2.45, 2.75) is 110 Å². The minimum atomic E-state index is -1.14. The number of Topliss-reactive ketones (excluding diaryl/α,β-unsaturated/α-hetero) is 2. The average Bonchev–Trinajstić information content (AvgIpc) is 4.02. The highest BCUT2D eigenvalue weighted by Crippen LogP contribution is 2.40. The van der Waals surface area contributed by atoms with E-state index in [0.29, 0.717) is 49.9 Å². The lowest BCUT2D eigenvalue weighted by Gasteiger charge is -2.39. The van der Waals surface area contributed by atoms with E-state index in [9.17, 15) is 32.8 Å². The van der Waals surface area contributed by atoms with Crippen molar-refractivity contribution in [1.29, 1.82) is 0 Å². The Labute approximate surface area is 457 Å². The van der Waals surface area contributed by atoms with Crippen LogP contribution in [0.1, 0.15) is 131 Å². The number of ether oxygens (including phenoxy) is 3. The van der Waals surface area contributed by atoms with Gasteiger partial charge < -0.3 is 39.2 Å². The fourth-order valence-corrected chi connectivity index (χ4v) is 11.9. The normalized spacial score (nSPS) is 16.7. The number of piperazine rings is 1. The third-order valence-electron chi connectivity index (χ3n) is 15.1. The number of hydrogen-bond acceptors (Lipinski definition) is 13. The fourth-order valence-electron chi connectivity index (χ4n) is 10.5. The fraction of sp³-hybridized carbons (Fsp3) is 0.536. The summed E-state index contributed by atoms with van der Waals surface area (Å²) in [6.45, 7) is 10.3. The largest absolute Gasteiger partial charge is 0.379 e. The highest BCUT2D eigenvalue weighted by molar-refractivity contribution is 7.15. The molecule has 0 radical (unpaired) electrons. The van der Waals surface area contributed by atoms with E-state index in [1.807, 2.05) is 35.8 Å². The van der Waals surface area contributed by atoms with Crippen LogP contribution < -0.4 is 10.6 Å². The number of rotatable bonds is 24. The van der Waals surface area contributed by atoms with Gasteiger partial charge in [-0.25, -0.2) is 8.78 Å². The van der Waals surface area contributed by atoms with E-state index in [4.69, 9.17) is 30.8 Å². The second kappa shape index (κ2) is 26.3. The Kier molecular flexibility index (Phi) is 19.6. The summed E-state index contributed by atoms with van der Waals surface area (Å²) in [5.74, 6) is -2.15. The number of nitrogens with one attached hydrogen (secondary N) is 2. The van der Waals surface area contributed by atoms with Crippen molar-refractivity contribution in [2.75, 3.05) is 72.9 Å². The summed E-state index contributed by atoms with van der Waals surface area (Å²) in [6.07, 6.45) is 6.02. The number of thiophene rings is 1. The molecule has 2 fully saturated rings. The minimum Gasteiger partial charge on any atom is -0.379 e. The summed E-state index contributed by atoms with van der Waals surface area (Å²) < 4.78 is 50.0. The molecule has 0 bridgehead atoms. The number of aryl methyl sites for hydroxylation is 3. The summed E-state index contributed by atoms with van der Waals surface area (Å²) in [6, 6.07) is 7.84. The second-order valence-electron chi connectivity index (χ2n) is 20.2. The van der Waals surface area contributed by atoms with Crippen LogP contribution in [-0.2, 0) is 35.6 Å². The summed E-state index contributed by atoms with van der Waals surface area (Å²) in [7, 11) is 3.24. The Balaban J connectivity index is 0.763. The lowest BCUT2D eigenvalue weighted by atomic mass is 9.83. The van der Waals surface area contributed by atoms with Crippen LogP contribution >= 0.6 is 22.9 Å². The number of amides is 3. The van der Waals surface area contributed by atoms with Gasteiger partial charge in [-0.05, 0) is 90.1 Å². The molecule has 1 aliphatic carbocycles. The molecule has 3 atom stereocenters. The number of carbonyl (C=O) groups is 5. The molecule has 17 nitrogen and oxygen atoms in total. The van der Waals surface area contributed by atoms with E-state index >= 15 is 0 Å². The van der Waals surface area contributed by atoms with Crippen molar-refractivity contribution in [3.05, 3.63) is 97.5 Å². The van der Waals surface area contributed by atoms with Crippen molar-refractivity contribution in [2.24, 2.45) is 18.0 Å². The number of hydrogen-bond donors (Lipinski definition) is 2. The molecule has 1 saturated heterocycles. The van der Waals surface area contributed by atoms with Crippen molar-refractivity contribution in [3.63, 3.8) is 0 Å². The predicted molar refractivity (Wildman–Crippen MR) is 291 cm³/mol. The molecule has 0 unspecified atom stereocenters. The molecule has 2 aromatic carbocycles. The van der Waals surface area contributed by atoms with Crippen LogP contribution in [0.5, 0.6) is 0 Å². The first-order chi connectivity index (χ1) is 37.1. The van der Waals surface area contributed by atoms with E-state index in [2.05, 4.69) is 34.7 Å². The summed E-state index contributed by atoms with van der Waals surface area (Å²) >= 11 is 7.91. The maximum absolute atomic E-state index is 14.7. The van der Waals surface area contributed by atoms with Gasteiger partial charge in [0.2, 0.25) is 11.8 Å². The van der Waals surface area contributed by atoms with Crippen molar-refractivity contribution in [3.8, 4) is 5.00 Å². The van der Waals surface area contributed by atoms with Gasteiger partial charge in [0.1, 0.15) is 34.4 Å². The third-order valence-corrected chi connectivity index (χ3v) is 16.5. The van der Waals surface area contributed by atoms with Gasteiger partial charge in [0.05, 0.1) is 49.3 Å². The first-order valence-corrected chi connectivity index (χ1v) is 27.9. The van der Waals surface area contributed by atoms with Gasteiger partial charge in [0.15, 0.2) is 23.2 Å². The lowest BCUT2D eigenvalue weighted by Crippen LogP contribution is -2.59. The number of carbonyl (C=O) groups excluding carboxylic acids is 5. The molecule has 21 heteroatoms. The SMILES string of the molecule is CN[C@@H](C)C(=O)N[C@H](C(=O)N1CCN(C(=O)c2c(C(=O)CCCOCCOCCOCCCC(=O)C[C@@H]3N=C(c4ccc(Cl)cc4)c4c(sc(C)c4C)-n4c(C)nnc43)c3cc(F)c(F)cc3n2C)CC1)C1CCCCC1. The van der Waals surface area contributed by atoms with E-state index in [0.717, 1.165) is 77.5 Å². The van der Waals surface area contributed by atoms with Crippen molar-refractivity contribution in [1.82, 2.24) is 39.8 Å². The van der Waals surface area contributed by atoms with Gasteiger partial charge in [-0.2, -0.15) is 0 Å². The Morgan fingerprint density at radius 1 is 0.831 bits per heavy atom. The van der Waals surface area contributed by atoms with Gasteiger partial charge in [0.25, 0.3) is 5.91 Å². The average molecular weight is 1100 g/mol. The molecule has 3 amide bonds. The molecule has 2 N–H and O–H groups in total. The van der Waals surface area contributed by atoms with Crippen LogP contribution in [-0.4, -0.2) is 149 Å². The number of fused-ring (bicyclic) bond motifs is 4. The smallest absolute Gasteiger partial charge is 0.271 e. The highest BCUT2D eigenvalue weighted by Gasteiger charge is 2.38. The molecular formula is C56H70ClF2N9O8S. The molecule has 414 valence electrons. The van der Waals surface area contributed by atoms with Crippen LogP contribution in [0.2, 0.25) is 5.02 Å². The topological polar surface area (TPSA) is 192 Å².